The lowest BCUT2D eigenvalue weighted by molar-refractivity contribution is -0.387. The quantitative estimate of drug-likeness (QED) is 0.423. The van der Waals surface area contributed by atoms with E-state index in [2.05, 4.69) is 0 Å². The number of carbonyl (C=O) groups excluding carboxylic acids is 2. The van der Waals surface area contributed by atoms with Crippen LogP contribution in [-0.4, -0.2) is 33.9 Å². The average Bonchev–Trinajstić information content (AvgIpc) is 2.63. The van der Waals surface area contributed by atoms with E-state index in [1.54, 1.807) is 19.1 Å². The Balaban J connectivity index is 2.09. The number of benzene rings is 2. The monoisotopic (exact) mass is 391 g/mol. The molecule has 0 unspecified atom stereocenters. The third-order valence-electron chi connectivity index (χ3n) is 3.79. The average molecular weight is 391 g/mol. The maximum Gasteiger partial charge on any atom is 0.283 e. The third kappa shape index (κ3) is 5.52. The Morgan fingerprint density at radius 1 is 1.26 bits per heavy atom. The fourth-order valence-corrected chi connectivity index (χ4v) is 3.31. The molecule has 0 spiro atoms. The number of hydrogen-bond donors (Lipinski definition) is 1. The summed E-state index contributed by atoms with van der Waals surface area (Å²) in [5.74, 6) is -1.41. The van der Waals surface area contributed by atoms with E-state index in [0.717, 1.165) is 17.8 Å². The predicted octanol–water partition coefficient (Wildman–Crippen LogP) is 2.97. The lowest BCUT2D eigenvalue weighted by Crippen LogP contribution is -2.31. The van der Waals surface area contributed by atoms with Gasteiger partial charge in [0.2, 0.25) is 11.8 Å². The lowest BCUT2D eigenvalue weighted by atomic mass is 10.2. The molecule has 0 saturated heterocycles. The molecule has 0 aliphatic carbocycles. The van der Waals surface area contributed by atoms with Gasteiger partial charge < -0.3 is 10.6 Å². The summed E-state index contributed by atoms with van der Waals surface area (Å²) in [6, 6.07) is 9.86. The van der Waals surface area contributed by atoms with Crippen LogP contribution in [0.15, 0.2) is 47.4 Å². The van der Waals surface area contributed by atoms with E-state index in [0.29, 0.717) is 12.1 Å². The number of rotatable bonds is 8. The molecule has 27 heavy (non-hydrogen) atoms. The summed E-state index contributed by atoms with van der Waals surface area (Å²) in [6.07, 6.45) is 0. The van der Waals surface area contributed by atoms with Gasteiger partial charge in [0.15, 0.2) is 0 Å². The second kappa shape index (κ2) is 9.13. The molecule has 2 rings (SSSR count). The fourth-order valence-electron chi connectivity index (χ4n) is 2.40. The zero-order valence-electron chi connectivity index (χ0n) is 14.6. The van der Waals surface area contributed by atoms with Gasteiger partial charge in [0.1, 0.15) is 5.82 Å². The minimum Gasteiger partial charge on any atom is -0.366 e. The van der Waals surface area contributed by atoms with Crippen molar-refractivity contribution in [3.63, 3.8) is 0 Å². The number of nitrogens with zero attached hydrogens (tertiary/aromatic N) is 2. The van der Waals surface area contributed by atoms with Crippen LogP contribution in [0, 0.1) is 15.9 Å². The van der Waals surface area contributed by atoms with Gasteiger partial charge in [-0.2, -0.15) is 0 Å². The van der Waals surface area contributed by atoms with E-state index in [9.17, 15) is 24.1 Å². The highest BCUT2D eigenvalue weighted by Gasteiger charge is 2.19. The number of thioether (sulfide) groups is 1. The molecule has 2 N–H and O–H groups in total. The molecule has 0 atom stereocenters. The zero-order valence-corrected chi connectivity index (χ0v) is 15.4. The summed E-state index contributed by atoms with van der Waals surface area (Å²) in [7, 11) is 0. The molecule has 0 saturated carbocycles. The molecule has 0 aliphatic heterocycles. The summed E-state index contributed by atoms with van der Waals surface area (Å²) in [5.41, 5.74) is 5.55. The largest absolute Gasteiger partial charge is 0.366 e. The van der Waals surface area contributed by atoms with Crippen LogP contribution >= 0.6 is 11.8 Å². The molecule has 9 heteroatoms. The maximum atomic E-state index is 13.3. The summed E-state index contributed by atoms with van der Waals surface area (Å²) in [4.78, 5) is 36.0. The van der Waals surface area contributed by atoms with Crippen LogP contribution in [0.3, 0.4) is 0 Å². The first-order valence-electron chi connectivity index (χ1n) is 8.05. The maximum absolute atomic E-state index is 13.3. The Morgan fingerprint density at radius 2 is 2.00 bits per heavy atom. The van der Waals surface area contributed by atoms with Gasteiger partial charge in [-0.25, -0.2) is 4.39 Å². The van der Waals surface area contributed by atoms with Gasteiger partial charge in [-0.3, -0.25) is 19.7 Å². The molecule has 0 bridgehead atoms. The number of nitro groups is 1. The summed E-state index contributed by atoms with van der Waals surface area (Å²) >= 11 is 1.00. The first-order valence-corrected chi connectivity index (χ1v) is 9.03. The van der Waals surface area contributed by atoms with E-state index in [1.165, 1.54) is 29.2 Å². The van der Waals surface area contributed by atoms with Gasteiger partial charge in [0.05, 0.1) is 15.6 Å². The molecule has 0 fully saturated rings. The first-order chi connectivity index (χ1) is 12.8. The Bertz CT molecular complexity index is 875. The van der Waals surface area contributed by atoms with Gasteiger partial charge in [0, 0.05) is 24.7 Å². The van der Waals surface area contributed by atoms with Gasteiger partial charge in [0.25, 0.3) is 5.69 Å². The van der Waals surface area contributed by atoms with E-state index in [1.807, 2.05) is 0 Å². The SMILES string of the molecule is CCN(Cc1cccc(F)c1)C(=O)CSc1ccc(C(N)=O)cc1[N+](=O)[O-]. The van der Waals surface area contributed by atoms with Crippen LogP contribution in [0.1, 0.15) is 22.8 Å². The third-order valence-corrected chi connectivity index (χ3v) is 4.84. The molecular weight excluding hydrogens is 373 g/mol. The second-order valence-corrected chi connectivity index (χ2v) is 6.65. The first kappa shape index (κ1) is 20.4. The molecule has 2 amide bonds. The van der Waals surface area contributed by atoms with Gasteiger partial charge >= 0.3 is 0 Å². The van der Waals surface area contributed by atoms with Crippen molar-refractivity contribution in [2.75, 3.05) is 12.3 Å². The molecule has 7 nitrogen and oxygen atoms in total. The molecule has 0 aromatic heterocycles. The Morgan fingerprint density at radius 3 is 2.59 bits per heavy atom. The van der Waals surface area contributed by atoms with Crippen LogP contribution in [0.4, 0.5) is 10.1 Å². The van der Waals surface area contributed by atoms with Crippen LogP contribution in [0.2, 0.25) is 0 Å². The molecule has 2 aromatic carbocycles. The summed E-state index contributed by atoms with van der Waals surface area (Å²) in [5, 5.41) is 11.2. The summed E-state index contributed by atoms with van der Waals surface area (Å²) < 4.78 is 13.3. The Hall–Kier alpha value is -2.94. The predicted molar refractivity (Wildman–Crippen MR) is 99.8 cm³/mol. The minimum absolute atomic E-state index is 0.0265. The minimum atomic E-state index is -0.766. The number of primary amides is 1. The Kier molecular flexibility index (Phi) is 6.89. The standard InChI is InChI=1S/C18H18FN3O4S/c1-2-21(10-12-4-3-5-14(19)8-12)17(23)11-27-16-7-6-13(18(20)24)9-15(16)22(25)26/h3-9H,2,10-11H2,1H3,(H2,20,24). The normalized spacial score (nSPS) is 10.4. The van der Waals surface area contributed by atoms with Crippen molar-refractivity contribution in [1.29, 1.82) is 0 Å². The number of halogens is 1. The molecule has 0 aliphatic rings. The highest BCUT2D eigenvalue weighted by atomic mass is 32.2. The van der Waals surface area contributed by atoms with E-state index < -0.39 is 10.8 Å². The fraction of sp³-hybridized carbons (Fsp3) is 0.222. The molecule has 0 radical (unpaired) electrons. The van der Waals surface area contributed by atoms with Crippen molar-refractivity contribution in [2.45, 2.75) is 18.4 Å². The molecule has 142 valence electrons. The number of nitrogens with two attached hydrogens (primary N) is 1. The lowest BCUT2D eigenvalue weighted by Gasteiger charge is -2.21. The molecule has 2 aromatic rings. The van der Waals surface area contributed by atoms with Gasteiger partial charge in [-0.1, -0.05) is 12.1 Å². The van der Waals surface area contributed by atoms with Crippen molar-refractivity contribution in [3.8, 4) is 0 Å². The molecule has 0 heterocycles. The van der Waals surface area contributed by atoms with Crippen LogP contribution < -0.4 is 5.73 Å². The highest BCUT2D eigenvalue weighted by Crippen LogP contribution is 2.30. The van der Waals surface area contributed by atoms with Crippen molar-refractivity contribution in [2.24, 2.45) is 5.73 Å². The van der Waals surface area contributed by atoms with E-state index in [4.69, 9.17) is 5.73 Å². The smallest absolute Gasteiger partial charge is 0.283 e. The topological polar surface area (TPSA) is 107 Å². The van der Waals surface area contributed by atoms with Crippen molar-refractivity contribution in [3.05, 3.63) is 69.5 Å². The van der Waals surface area contributed by atoms with Crippen molar-refractivity contribution < 1.29 is 18.9 Å². The number of hydrogen-bond acceptors (Lipinski definition) is 5. The van der Waals surface area contributed by atoms with Gasteiger partial charge in [-0.15, -0.1) is 11.8 Å². The number of amides is 2. The highest BCUT2D eigenvalue weighted by molar-refractivity contribution is 8.00. The number of nitro benzene ring substituents is 1. The van der Waals surface area contributed by atoms with Crippen molar-refractivity contribution in [1.82, 2.24) is 4.90 Å². The van der Waals surface area contributed by atoms with Crippen LogP contribution in [0.25, 0.3) is 0 Å². The van der Waals surface area contributed by atoms with E-state index >= 15 is 0 Å². The number of carbonyl (C=O) groups is 2. The van der Waals surface area contributed by atoms with Crippen LogP contribution in [0.5, 0.6) is 0 Å². The van der Waals surface area contributed by atoms with Crippen LogP contribution in [-0.2, 0) is 11.3 Å². The molecular formula is C18H18FN3O4S. The second-order valence-electron chi connectivity index (χ2n) is 5.63. The van der Waals surface area contributed by atoms with Gasteiger partial charge in [-0.05, 0) is 36.8 Å². The van der Waals surface area contributed by atoms with E-state index in [-0.39, 0.29) is 40.2 Å². The summed E-state index contributed by atoms with van der Waals surface area (Å²) in [6.45, 7) is 2.46. The Labute approximate surface area is 159 Å². The zero-order chi connectivity index (χ0) is 20.0. The van der Waals surface area contributed by atoms with Crippen molar-refractivity contribution >= 4 is 29.3 Å².